The molecule has 2 rings (SSSR count). The van der Waals surface area contributed by atoms with Crippen LogP contribution in [0.3, 0.4) is 0 Å². The highest BCUT2D eigenvalue weighted by Crippen LogP contribution is 2.17. The third-order valence-electron chi connectivity index (χ3n) is 3.88. The number of hydrogen-bond donors (Lipinski definition) is 3. The minimum absolute atomic E-state index is 0.0480. The molecule has 1 aliphatic carbocycles. The summed E-state index contributed by atoms with van der Waals surface area (Å²) in [5.74, 6) is -0.749. The second-order valence-corrected chi connectivity index (χ2v) is 5.63. The van der Waals surface area contributed by atoms with Gasteiger partial charge in [0.2, 0.25) is 5.91 Å². The van der Waals surface area contributed by atoms with Crippen molar-refractivity contribution < 1.29 is 14.0 Å². The van der Waals surface area contributed by atoms with Crippen LogP contribution in [-0.4, -0.2) is 24.5 Å². The highest BCUT2D eigenvalue weighted by molar-refractivity contribution is 5.95. The highest BCUT2D eigenvalue weighted by atomic mass is 19.1. The molecule has 0 aromatic heterocycles. The summed E-state index contributed by atoms with van der Waals surface area (Å²) >= 11 is 0. The van der Waals surface area contributed by atoms with Gasteiger partial charge in [-0.2, -0.15) is 0 Å². The molecule has 22 heavy (non-hydrogen) atoms. The molecular weight excluding hydrogens is 285 g/mol. The molecule has 0 aliphatic heterocycles. The maximum atomic E-state index is 13.6. The van der Waals surface area contributed by atoms with Gasteiger partial charge in [0.1, 0.15) is 5.82 Å². The number of amides is 3. The Morgan fingerprint density at radius 1 is 1.27 bits per heavy atom. The Balaban J connectivity index is 1.73. The Kier molecular flexibility index (Phi) is 5.89. The minimum Gasteiger partial charge on any atom is -0.335 e. The van der Waals surface area contributed by atoms with Gasteiger partial charge in [-0.15, -0.1) is 0 Å². The molecule has 1 aliphatic rings. The lowest BCUT2D eigenvalue weighted by Gasteiger charge is -2.15. The van der Waals surface area contributed by atoms with Crippen LogP contribution in [-0.2, 0) is 4.79 Å². The Morgan fingerprint density at radius 2 is 1.95 bits per heavy atom. The Bertz CT molecular complexity index is 530. The summed E-state index contributed by atoms with van der Waals surface area (Å²) in [6.45, 7) is 1.72. The largest absolute Gasteiger partial charge is 0.335 e. The maximum Gasteiger partial charge on any atom is 0.321 e. The van der Waals surface area contributed by atoms with Crippen molar-refractivity contribution in [1.29, 1.82) is 0 Å². The van der Waals surface area contributed by atoms with E-state index in [-0.39, 0.29) is 24.4 Å². The van der Waals surface area contributed by atoms with Crippen LogP contribution in [0, 0.1) is 5.82 Å². The molecular formula is C16H22FN3O2. The zero-order chi connectivity index (χ0) is 15.9. The monoisotopic (exact) mass is 307 g/mol. The van der Waals surface area contributed by atoms with E-state index in [0.29, 0.717) is 5.56 Å². The second-order valence-electron chi connectivity index (χ2n) is 5.63. The summed E-state index contributed by atoms with van der Waals surface area (Å²) in [6, 6.07) is 5.79. The number of nitrogens with one attached hydrogen (secondary N) is 3. The molecule has 1 aromatic carbocycles. The van der Waals surface area contributed by atoms with Gasteiger partial charge in [0, 0.05) is 17.6 Å². The topological polar surface area (TPSA) is 70.2 Å². The van der Waals surface area contributed by atoms with Crippen LogP contribution in [0.15, 0.2) is 24.3 Å². The lowest BCUT2D eigenvalue weighted by Crippen LogP contribution is -2.46. The number of urea groups is 1. The van der Waals surface area contributed by atoms with Crippen LogP contribution in [0.2, 0.25) is 0 Å². The summed E-state index contributed by atoms with van der Waals surface area (Å²) in [4.78, 5) is 23.4. The van der Waals surface area contributed by atoms with Crippen molar-refractivity contribution in [2.75, 3.05) is 6.54 Å². The smallest absolute Gasteiger partial charge is 0.321 e. The molecule has 0 radical (unpaired) electrons. The van der Waals surface area contributed by atoms with Crippen LogP contribution in [0.4, 0.5) is 9.18 Å². The fourth-order valence-electron chi connectivity index (χ4n) is 2.64. The number of carbonyl (C=O) groups is 2. The summed E-state index contributed by atoms with van der Waals surface area (Å²) < 4.78 is 13.6. The van der Waals surface area contributed by atoms with E-state index >= 15 is 0 Å². The van der Waals surface area contributed by atoms with Crippen molar-refractivity contribution >= 4 is 11.9 Å². The second kappa shape index (κ2) is 7.89. The first kappa shape index (κ1) is 16.4. The fourth-order valence-corrected chi connectivity index (χ4v) is 2.64. The number of hydrogen-bond acceptors (Lipinski definition) is 3. The minimum atomic E-state index is -0.461. The Labute approximate surface area is 129 Å². The van der Waals surface area contributed by atoms with Gasteiger partial charge in [-0.1, -0.05) is 31.0 Å². The lowest BCUT2D eigenvalue weighted by molar-refractivity contribution is -0.119. The van der Waals surface area contributed by atoms with Crippen molar-refractivity contribution in [3.8, 4) is 0 Å². The number of carbonyl (C=O) groups excluding carboxylic acids is 2. The van der Waals surface area contributed by atoms with E-state index in [0.717, 1.165) is 25.7 Å². The molecule has 1 unspecified atom stereocenters. The predicted molar refractivity (Wildman–Crippen MR) is 81.7 cm³/mol. The van der Waals surface area contributed by atoms with E-state index in [1.54, 1.807) is 25.1 Å². The average molecular weight is 307 g/mol. The number of rotatable bonds is 5. The van der Waals surface area contributed by atoms with Gasteiger partial charge < -0.3 is 10.6 Å². The number of halogens is 1. The van der Waals surface area contributed by atoms with E-state index in [9.17, 15) is 14.0 Å². The number of benzene rings is 1. The number of imide groups is 1. The summed E-state index contributed by atoms with van der Waals surface area (Å²) in [6.07, 6.45) is 4.15. The summed E-state index contributed by atoms with van der Waals surface area (Å²) in [5.41, 5.74) is 0.491. The normalized spacial score (nSPS) is 16.3. The van der Waals surface area contributed by atoms with Gasteiger partial charge in [-0.05, 0) is 25.8 Å². The first-order chi connectivity index (χ1) is 10.6. The van der Waals surface area contributed by atoms with E-state index in [4.69, 9.17) is 0 Å². The van der Waals surface area contributed by atoms with E-state index in [1.807, 2.05) is 0 Å². The van der Waals surface area contributed by atoms with Gasteiger partial charge >= 0.3 is 6.03 Å². The Hall–Kier alpha value is -1.95. The fraction of sp³-hybridized carbons (Fsp3) is 0.500. The molecule has 1 saturated carbocycles. The third kappa shape index (κ3) is 4.80. The van der Waals surface area contributed by atoms with Crippen molar-refractivity contribution in [3.63, 3.8) is 0 Å². The van der Waals surface area contributed by atoms with Crippen molar-refractivity contribution in [3.05, 3.63) is 35.6 Å². The van der Waals surface area contributed by atoms with Crippen LogP contribution in [0.1, 0.15) is 44.2 Å². The summed E-state index contributed by atoms with van der Waals surface area (Å²) in [7, 11) is 0. The van der Waals surface area contributed by atoms with Gasteiger partial charge in [0.25, 0.3) is 0 Å². The molecule has 0 saturated heterocycles. The molecule has 1 atom stereocenters. The maximum absolute atomic E-state index is 13.6. The average Bonchev–Trinajstić information content (AvgIpc) is 2.98. The van der Waals surface area contributed by atoms with Crippen molar-refractivity contribution in [2.45, 2.75) is 44.7 Å². The quantitative estimate of drug-likeness (QED) is 0.781. The zero-order valence-corrected chi connectivity index (χ0v) is 12.7. The van der Waals surface area contributed by atoms with Crippen LogP contribution < -0.4 is 16.0 Å². The molecule has 3 amide bonds. The molecule has 0 heterocycles. The van der Waals surface area contributed by atoms with Crippen molar-refractivity contribution in [1.82, 2.24) is 16.0 Å². The molecule has 1 aromatic rings. The van der Waals surface area contributed by atoms with Crippen LogP contribution in [0.5, 0.6) is 0 Å². The third-order valence-corrected chi connectivity index (χ3v) is 3.88. The lowest BCUT2D eigenvalue weighted by atomic mass is 10.1. The molecule has 5 nitrogen and oxygen atoms in total. The first-order valence-electron chi connectivity index (χ1n) is 7.64. The highest BCUT2D eigenvalue weighted by Gasteiger charge is 2.18. The van der Waals surface area contributed by atoms with E-state index in [2.05, 4.69) is 16.0 Å². The SMILES string of the molecule is CC(NCC(=O)NC(=O)NC1CCCC1)c1ccccc1F. The molecule has 0 spiro atoms. The molecule has 6 heteroatoms. The predicted octanol–water partition coefficient (Wildman–Crippen LogP) is 2.24. The standard InChI is InChI=1S/C16H22FN3O2/c1-11(13-8-4-5-9-14(13)17)18-10-15(21)20-16(22)19-12-6-2-3-7-12/h4-5,8-9,11-12,18H,2-3,6-7,10H2,1H3,(H2,19,20,21,22). The molecule has 1 fully saturated rings. The van der Waals surface area contributed by atoms with Gasteiger partial charge in [0.15, 0.2) is 0 Å². The molecule has 3 N–H and O–H groups in total. The molecule has 120 valence electrons. The van der Waals surface area contributed by atoms with Gasteiger partial charge in [0.05, 0.1) is 6.54 Å². The van der Waals surface area contributed by atoms with E-state index in [1.165, 1.54) is 6.07 Å². The van der Waals surface area contributed by atoms with Gasteiger partial charge in [-0.3, -0.25) is 10.1 Å². The van der Waals surface area contributed by atoms with E-state index < -0.39 is 11.9 Å². The molecule has 0 bridgehead atoms. The van der Waals surface area contributed by atoms with Gasteiger partial charge in [-0.25, -0.2) is 9.18 Å². The zero-order valence-electron chi connectivity index (χ0n) is 12.7. The van der Waals surface area contributed by atoms with Crippen molar-refractivity contribution in [2.24, 2.45) is 0 Å². The van der Waals surface area contributed by atoms with Crippen LogP contribution >= 0.6 is 0 Å². The first-order valence-corrected chi connectivity index (χ1v) is 7.64. The van der Waals surface area contributed by atoms with Crippen LogP contribution in [0.25, 0.3) is 0 Å². The Morgan fingerprint density at radius 3 is 2.64 bits per heavy atom. The summed E-state index contributed by atoms with van der Waals surface area (Å²) in [5, 5.41) is 7.97.